The third-order valence-electron chi connectivity index (χ3n) is 1.75. The van der Waals surface area contributed by atoms with Crippen molar-refractivity contribution < 1.29 is 0 Å². The first-order valence-corrected chi connectivity index (χ1v) is 4.43. The fraction of sp³-hybridized carbons (Fsp3) is 0.889. The van der Waals surface area contributed by atoms with E-state index in [-0.39, 0.29) is 5.92 Å². The average Bonchev–Trinajstić information content (AvgIpc) is 2.03. The molecule has 12 heavy (non-hydrogen) atoms. The second-order valence-corrected chi connectivity index (χ2v) is 3.29. The van der Waals surface area contributed by atoms with Crippen LogP contribution in [0.4, 0.5) is 0 Å². The van der Waals surface area contributed by atoms with Crippen LogP contribution in [0.1, 0.15) is 20.3 Å². The predicted molar refractivity (Wildman–Crippen MR) is 50.3 cm³/mol. The number of rotatable bonds is 5. The molecular formula is C9H19N3. The first kappa shape index (κ1) is 11.4. The van der Waals surface area contributed by atoms with Crippen molar-refractivity contribution in [1.82, 2.24) is 10.0 Å². The first-order chi connectivity index (χ1) is 5.61. The second-order valence-electron chi connectivity index (χ2n) is 3.29. The molecule has 0 heterocycles. The lowest BCUT2D eigenvalue weighted by Crippen LogP contribution is -2.40. The van der Waals surface area contributed by atoms with Crippen LogP contribution in [-0.2, 0) is 0 Å². The van der Waals surface area contributed by atoms with Gasteiger partial charge in [0.05, 0.1) is 12.0 Å². The summed E-state index contributed by atoms with van der Waals surface area (Å²) in [6.45, 7) is 5.95. The predicted octanol–water partition coefficient (Wildman–Crippen LogP) is 1.33. The zero-order valence-corrected chi connectivity index (χ0v) is 8.54. The molecule has 0 aliphatic heterocycles. The molecule has 0 saturated carbocycles. The standard InChI is InChI=1S/C9H19N3/c1-5-6-12(11(3)4)8-9(2)7-10/h9H,5-6,8H2,1-4H3. The van der Waals surface area contributed by atoms with E-state index in [1.807, 2.05) is 21.0 Å². The first-order valence-electron chi connectivity index (χ1n) is 4.43. The van der Waals surface area contributed by atoms with E-state index in [9.17, 15) is 0 Å². The highest BCUT2D eigenvalue weighted by molar-refractivity contribution is 4.80. The van der Waals surface area contributed by atoms with Crippen LogP contribution in [0.2, 0.25) is 0 Å². The number of hydrogen-bond acceptors (Lipinski definition) is 3. The molecule has 0 rings (SSSR count). The number of nitrogens with zero attached hydrogens (tertiary/aromatic N) is 3. The van der Waals surface area contributed by atoms with Gasteiger partial charge in [0, 0.05) is 27.2 Å². The average molecular weight is 169 g/mol. The fourth-order valence-corrected chi connectivity index (χ4v) is 1.07. The van der Waals surface area contributed by atoms with Gasteiger partial charge in [0.1, 0.15) is 0 Å². The zero-order chi connectivity index (χ0) is 9.56. The van der Waals surface area contributed by atoms with Gasteiger partial charge in [-0.1, -0.05) is 6.92 Å². The lowest BCUT2D eigenvalue weighted by atomic mass is 10.2. The molecule has 0 N–H and O–H groups in total. The lowest BCUT2D eigenvalue weighted by molar-refractivity contribution is 0.0179. The van der Waals surface area contributed by atoms with Gasteiger partial charge in [-0.2, -0.15) is 5.26 Å². The lowest BCUT2D eigenvalue weighted by Gasteiger charge is -2.29. The van der Waals surface area contributed by atoms with Gasteiger partial charge in [0.15, 0.2) is 0 Å². The molecule has 1 atom stereocenters. The van der Waals surface area contributed by atoms with Crippen LogP contribution in [0.25, 0.3) is 0 Å². The molecule has 0 aromatic rings. The summed E-state index contributed by atoms with van der Waals surface area (Å²) in [5.74, 6) is 0.110. The van der Waals surface area contributed by atoms with E-state index in [0.717, 1.165) is 19.5 Å². The Hall–Kier alpha value is -0.590. The minimum absolute atomic E-state index is 0.110. The van der Waals surface area contributed by atoms with Crippen LogP contribution in [-0.4, -0.2) is 37.2 Å². The van der Waals surface area contributed by atoms with Gasteiger partial charge < -0.3 is 0 Å². The van der Waals surface area contributed by atoms with Gasteiger partial charge in [0.2, 0.25) is 0 Å². The largest absolute Gasteiger partial charge is 0.248 e. The van der Waals surface area contributed by atoms with Crippen LogP contribution in [0, 0.1) is 17.2 Å². The minimum atomic E-state index is 0.110. The van der Waals surface area contributed by atoms with E-state index in [2.05, 4.69) is 23.0 Å². The Morgan fingerprint density at radius 2 is 2.00 bits per heavy atom. The van der Waals surface area contributed by atoms with Crippen LogP contribution < -0.4 is 0 Å². The van der Waals surface area contributed by atoms with E-state index in [4.69, 9.17) is 5.26 Å². The maximum absolute atomic E-state index is 8.64. The molecule has 70 valence electrons. The molecule has 0 aliphatic rings. The Balaban J connectivity index is 3.88. The molecule has 0 radical (unpaired) electrons. The van der Waals surface area contributed by atoms with Gasteiger partial charge in [0.25, 0.3) is 0 Å². The molecule has 1 unspecified atom stereocenters. The van der Waals surface area contributed by atoms with Crippen molar-refractivity contribution in [2.45, 2.75) is 20.3 Å². The molecule has 0 aliphatic carbocycles. The summed E-state index contributed by atoms with van der Waals surface area (Å²) < 4.78 is 0. The van der Waals surface area contributed by atoms with Crippen molar-refractivity contribution in [2.75, 3.05) is 27.2 Å². The Morgan fingerprint density at radius 1 is 1.42 bits per heavy atom. The third-order valence-corrected chi connectivity index (χ3v) is 1.75. The Morgan fingerprint density at radius 3 is 2.33 bits per heavy atom. The highest BCUT2D eigenvalue weighted by Crippen LogP contribution is 2.00. The topological polar surface area (TPSA) is 30.3 Å². The van der Waals surface area contributed by atoms with E-state index >= 15 is 0 Å². The van der Waals surface area contributed by atoms with Crippen molar-refractivity contribution in [3.05, 3.63) is 0 Å². The van der Waals surface area contributed by atoms with Crippen molar-refractivity contribution in [3.8, 4) is 6.07 Å². The van der Waals surface area contributed by atoms with Gasteiger partial charge in [-0.05, 0) is 13.3 Å². The summed E-state index contributed by atoms with van der Waals surface area (Å²) in [5, 5.41) is 12.9. The van der Waals surface area contributed by atoms with Crippen molar-refractivity contribution >= 4 is 0 Å². The summed E-state index contributed by atoms with van der Waals surface area (Å²) in [6.07, 6.45) is 1.12. The van der Waals surface area contributed by atoms with Gasteiger partial charge in [-0.3, -0.25) is 0 Å². The van der Waals surface area contributed by atoms with Crippen LogP contribution in [0.5, 0.6) is 0 Å². The van der Waals surface area contributed by atoms with E-state index in [1.165, 1.54) is 0 Å². The highest BCUT2D eigenvalue weighted by atomic mass is 15.6. The SMILES string of the molecule is CCCN(CC(C)C#N)N(C)C. The van der Waals surface area contributed by atoms with Gasteiger partial charge >= 0.3 is 0 Å². The Kier molecular flexibility index (Phi) is 5.69. The second kappa shape index (κ2) is 5.99. The fourth-order valence-electron chi connectivity index (χ4n) is 1.07. The third kappa shape index (κ3) is 4.32. The number of hydrazine groups is 1. The molecule has 0 aromatic carbocycles. The summed E-state index contributed by atoms with van der Waals surface area (Å²) in [6, 6.07) is 2.24. The molecule has 3 heteroatoms. The number of hydrogen-bond donors (Lipinski definition) is 0. The van der Waals surface area contributed by atoms with Crippen molar-refractivity contribution in [2.24, 2.45) is 5.92 Å². The number of nitriles is 1. The summed E-state index contributed by atoms with van der Waals surface area (Å²) in [7, 11) is 4.03. The molecule has 0 fully saturated rings. The molecule has 0 spiro atoms. The van der Waals surface area contributed by atoms with E-state index in [1.54, 1.807) is 0 Å². The maximum atomic E-state index is 8.64. The monoisotopic (exact) mass is 169 g/mol. The molecule has 0 amide bonds. The Labute approximate surface area is 75.5 Å². The zero-order valence-electron chi connectivity index (χ0n) is 8.54. The van der Waals surface area contributed by atoms with Crippen molar-refractivity contribution in [3.63, 3.8) is 0 Å². The molecular weight excluding hydrogens is 150 g/mol. The molecule has 0 aromatic heterocycles. The molecule has 0 saturated heterocycles. The smallest absolute Gasteiger partial charge is 0.0666 e. The highest BCUT2D eigenvalue weighted by Gasteiger charge is 2.09. The normalized spacial score (nSPS) is 13.4. The van der Waals surface area contributed by atoms with E-state index < -0.39 is 0 Å². The van der Waals surface area contributed by atoms with Crippen LogP contribution in [0.3, 0.4) is 0 Å². The maximum Gasteiger partial charge on any atom is 0.0666 e. The van der Waals surface area contributed by atoms with Crippen LogP contribution >= 0.6 is 0 Å². The summed E-state index contributed by atoms with van der Waals surface area (Å²) >= 11 is 0. The molecule has 3 nitrogen and oxygen atoms in total. The molecule has 0 bridgehead atoms. The Bertz CT molecular complexity index is 148. The quantitative estimate of drug-likeness (QED) is 0.582. The minimum Gasteiger partial charge on any atom is -0.248 e. The van der Waals surface area contributed by atoms with Gasteiger partial charge in [-0.25, -0.2) is 10.0 Å². The van der Waals surface area contributed by atoms with Gasteiger partial charge in [-0.15, -0.1) is 0 Å². The summed E-state index contributed by atoms with van der Waals surface area (Å²) in [5.41, 5.74) is 0. The van der Waals surface area contributed by atoms with Crippen LogP contribution in [0.15, 0.2) is 0 Å². The van der Waals surface area contributed by atoms with Crippen molar-refractivity contribution in [1.29, 1.82) is 5.26 Å². The summed E-state index contributed by atoms with van der Waals surface area (Å²) in [4.78, 5) is 0. The van der Waals surface area contributed by atoms with E-state index in [0.29, 0.717) is 0 Å².